The van der Waals surface area contributed by atoms with Gasteiger partial charge >= 0.3 is 7.82 Å². The largest absolute Gasteiger partial charge is 0.466 e. The molecule has 0 aromatic carbocycles. The number of hydrogen-bond donors (Lipinski definition) is 3. The van der Waals surface area contributed by atoms with Crippen LogP contribution < -0.4 is 0 Å². The predicted octanol–water partition coefficient (Wildman–Crippen LogP) is -0.471. The highest BCUT2D eigenvalue weighted by atomic mass is 31.2. The van der Waals surface area contributed by atoms with Crippen LogP contribution in [0.15, 0.2) is 0 Å². The summed E-state index contributed by atoms with van der Waals surface area (Å²) < 4.78 is 8.88. The molecule has 0 saturated carbocycles. The zero-order valence-corrected chi connectivity index (χ0v) is 4.32. The van der Waals surface area contributed by atoms with E-state index in [-0.39, 0.29) is 14.1 Å². The summed E-state index contributed by atoms with van der Waals surface area (Å²) >= 11 is 0. The summed E-state index contributed by atoms with van der Waals surface area (Å²) in [6.45, 7) is 0. The summed E-state index contributed by atoms with van der Waals surface area (Å²) in [5.41, 5.74) is 0. The Morgan fingerprint density at radius 2 is 0.875 bits per heavy atom. The molecule has 0 radical (unpaired) electrons. The van der Waals surface area contributed by atoms with Crippen LogP contribution in [-0.4, -0.2) is 14.7 Å². The Balaban J connectivity index is -0.0000000267. The molecule has 0 aliphatic heterocycles. The van der Waals surface area contributed by atoms with Crippen molar-refractivity contribution in [2.75, 3.05) is 0 Å². The van der Waals surface area contributed by atoms with Gasteiger partial charge < -0.3 is 14.7 Å². The van der Waals surface area contributed by atoms with E-state index in [0.29, 0.717) is 0 Å². The van der Waals surface area contributed by atoms with Crippen LogP contribution >= 0.6 is 7.82 Å². The molecular formula is H6F3O4P. The van der Waals surface area contributed by atoms with E-state index in [2.05, 4.69) is 0 Å². The fourth-order valence-corrected chi connectivity index (χ4v) is 0. The van der Waals surface area contributed by atoms with E-state index in [1.54, 1.807) is 0 Å². The smallest absolute Gasteiger partial charge is 0.303 e. The first-order valence-corrected chi connectivity index (χ1v) is 2.35. The molecule has 0 rings (SSSR count). The van der Waals surface area contributed by atoms with Crippen molar-refractivity contribution in [3.05, 3.63) is 0 Å². The van der Waals surface area contributed by atoms with Crippen molar-refractivity contribution in [2.45, 2.75) is 0 Å². The van der Waals surface area contributed by atoms with Crippen LogP contribution in [0.2, 0.25) is 0 Å². The van der Waals surface area contributed by atoms with Gasteiger partial charge in [-0.2, -0.15) is 0 Å². The van der Waals surface area contributed by atoms with Gasteiger partial charge in [0.2, 0.25) is 0 Å². The SMILES string of the molecule is F.F.F.O=P(O)(O)O. The first-order chi connectivity index (χ1) is 2.00. The van der Waals surface area contributed by atoms with Gasteiger partial charge in [-0.15, -0.1) is 0 Å². The third-order valence-corrected chi connectivity index (χ3v) is 0. The fourth-order valence-electron chi connectivity index (χ4n) is 0. The Morgan fingerprint density at radius 3 is 0.875 bits per heavy atom. The van der Waals surface area contributed by atoms with Gasteiger partial charge in [0.25, 0.3) is 0 Å². The van der Waals surface area contributed by atoms with Crippen molar-refractivity contribution in [1.82, 2.24) is 0 Å². The molecule has 3 N–H and O–H groups in total. The zero-order chi connectivity index (χ0) is 4.50. The Morgan fingerprint density at radius 1 is 0.875 bits per heavy atom. The van der Waals surface area contributed by atoms with Crippen molar-refractivity contribution >= 4 is 7.82 Å². The van der Waals surface area contributed by atoms with Crippen molar-refractivity contribution in [3.63, 3.8) is 0 Å². The van der Waals surface area contributed by atoms with E-state index in [9.17, 15) is 0 Å². The van der Waals surface area contributed by atoms with Crippen molar-refractivity contribution < 1.29 is 33.4 Å². The summed E-state index contributed by atoms with van der Waals surface area (Å²) in [6, 6.07) is 0. The molecule has 0 aliphatic carbocycles. The quantitative estimate of drug-likeness (QED) is 0.416. The lowest BCUT2D eigenvalue weighted by Gasteiger charge is -1.82. The highest BCUT2D eigenvalue weighted by molar-refractivity contribution is 7.45. The molecule has 0 atom stereocenters. The van der Waals surface area contributed by atoms with E-state index in [0.717, 1.165) is 0 Å². The van der Waals surface area contributed by atoms with Gasteiger partial charge in [-0.3, -0.25) is 14.1 Å². The van der Waals surface area contributed by atoms with Gasteiger partial charge in [0, 0.05) is 0 Å². The summed E-state index contributed by atoms with van der Waals surface area (Å²) in [7, 11) is -4.64. The molecule has 8 heavy (non-hydrogen) atoms. The van der Waals surface area contributed by atoms with Gasteiger partial charge in [-0.05, 0) is 0 Å². The van der Waals surface area contributed by atoms with Gasteiger partial charge in [0.05, 0.1) is 0 Å². The molecule has 0 aliphatic rings. The maximum atomic E-state index is 8.88. The second-order valence-electron chi connectivity index (χ2n) is 0.513. The molecule has 0 heterocycles. The summed E-state index contributed by atoms with van der Waals surface area (Å²) in [4.78, 5) is 21.6. The van der Waals surface area contributed by atoms with Crippen LogP contribution in [0, 0.1) is 0 Å². The Hall–Kier alpha value is -0.100. The Kier molecular flexibility index (Phi) is 21.3. The average molecular weight is 158 g/mol. The second kappa shape index (κ2) is 6.90. The number of hydrogen-bond acceptors (Lipinski definition) is 1. The van der Waals surface area contributed by atoms with Crippen molar-refractivity contribution in [2.24, 2.45) is 0 Å². The molecule has 0 aromatic rings. The highest BCUT2D eigenvalue weighted by Gasteiger charge is 2.00. The fraction of sp³-hybridized carbons (Fsp3) is 0. The first-order valence-electron chi connectivity index (χ1n) is 0.783. The van der Waals surface area contributed by atoms with Gasteiger partial charge in [-0.1, -0.05) is 0 Å². The minimum Gasteiger partial charge on any atom is -0.303 e. The third-order valence-electron chi connectivity index (χ3n) is 0. The van der Waals surface area contributed by atoms with Crippen LogP contribution in [0.1, 0.15) is 0 Å². The standard InChI is InChI=1S/3FH.H3O4P/c;;;1-5(2,3)4/h3*1H;(H3,1,2,3,4). The van der Waals surface area contributed by atoms with E-state index in [1.807, 2.05) is 0 Å². The van der Waals surface area contributed by atoms with E-state index >= 15 is 0 Å². The molecule has 0 spiro atoms. The molecule has 0 saturated heterocycles. The molecular weight excluding hydrogens is 152 g/mol. The third kappa shape index (κ3) is 14200. The lowest BCUT2D eigenvalue weighted by molar-refractivity contribution is 0.275. The lowest BCUT2D eigenvalue weighted by atomic mass is 15.8. The topological polar surface area (TPSA) is 77.8 Å². The second-order valence-corrected chi connectivity index (χ2v) is 1.54. The summed E-state index contributed by atoms with van der Waals surface area (Å²) in [6.07, 6.45) is 0. The molecule has 56 valence electrons. The molecule has 8 heteroatoms. The molecule has 4 nitrogen and oxygen atoms in total. The molecule has 0 aromatic heterocycles. The molecule has 0 amide bonds. The van der Waals surface area contributed by atoms with Crippen molar-refractivity contribution in [1.29, 1.82) is 0 Å². The minimum absolute atomic E-state index is 0. The first kappa shape index (κ1) is 24.7. The van der Waals surface area contributed by atoms with Gasteiger partial charge in [0.15, 0.2) is 0 Å². The Labute approximate surface area is 42.5 Å². The van der Waals surface area contributed by atoms with Crippen LogP contribution in [0.4, 0.5) is 14.1 Å². The monoisotopic (exact) mass is 158 g/mol. The predicted molar refractivity (Wildman–Crippen MR) is 21.8 cm³/mol. The number of phosphoric acid groups is 1. The van der Waals surface area contributed by atoms with Gasteiger partial charge in [-0.25, -0.2) is 4.57 Å². The highest BCUT2D eigenvalue weighted by Crippen LogP contribution is 2.25. The number of rotatable bonds is 0. The van der Waals surface area contributed by atoms with Crippen LogP contribution in [0.25, 0.3) is 0 Å². The maximum Gasteiger partial charge on any atom is 0.466 e. The van der Waals surface area contributed by atoms with Gasteiger partial charge in [0.1, 0.15) is 0 Å². The lowest BCUT2D eigenvalue weighted by Crippen LogP contribution is -1.66. The van der Waals surface area contributed by atoms with E-state index < -0.39 is 7.82 Å². The van der Waals surface area contributed by atoms with Crippen LogP contribution in [0.5, 0.6) is 0 Å². The zero-order valence-electron chi connectivity index (χ0n) is 3.42. The molecule has 0 fully saturated rings. The molecule has 0 bridgehead atoms. The maximum absolute atomic E-state index is 8.88. The van der Waals surface area contributed by atoms with Crippen LogP contribution in [0.3, 0.4) is 0 Å². The van der Waals surface area contributed by atoms with Crippen molar-refractivity contribution in [3.8, 4) is 0 Å². The average Bonchev–Trinajstić information content (AvgIpc) is 0.722. The Bertz CT molecular complexity index is 57.4. The summed E-state index contributed by atoms with van der Waals surface area (Å²) in [5, 5.41) is 0. The molecule has 0 unspecified atom stereocenters. The van der Waals surface area contributed by atoms with E-state index in [4.69, 9.17) is 19.2 Å². The normalized spacial score (nSPS) is 7.38. The number of halogens is 3. The van der Waals surface area contributed by atoms with E-state index in [1.165, 1.54) is 0 Å². The van der Waals surface area contributed by atoms with Crippen LogP contribution in [-0.2, 0) is 4.57 Å². The summed E-state index contributed by atoms with van der Waals surface area (Å²) in [5.74, 6) is 0. The minimum atomic E-state index is -4.64.